The summed E-state index contributed by atoms with van der Waals surface area (Å²) < 4.78 is 6.63. The molecule has 1 amide bonds. The van der Waals surface area contributed by atoms with E-state index in [1.54, 1.807) is 0 Å². The summed E-state index contributed by atoms with van der Waals surface area (Å²) in [5.41, 5.74) is 1.75. The Morgan fingerprint density at radius 1 is 1.38 bits per heavy atom. The van der Waals surface area contributed by atoms with E-state index in [1.807, 2.05) is 12.1 Å². The fourth-order valence-electron chi connectivity index (χ4n) is 1.16. The highest BCUT2D eigenvalue weighted by Gasteiger charge is 2.18. The zero-order valence-electron chi connectivity index (χ0n) is 6.43. The first-order valence-electron chi connectivity index (χ1n) is 3.58. The number of ether oxygens (including phenoxy) is 1. The first-order valence-corrected chi connectivity index (χ1v) is 5.17. The molecule has 0 aromatic heterocycles. The number of fused-ring (bicyclic) bond motifs is 1. The smallest absolute Gasteiger partial charge is 0.412 e. The van der Waals surface area contributed by atoms with Crippen molar-refractivity contribution in [2.45, 2.75) is 6.61 Å². The Morgan fingerprint density at radius 2 is 2.15 bits per heavy atom. The van der Waals surface area contributed by atoms with Gasteiger partial charge in [0.25, 0.3) is 0 Å². The van der Waals surface area contributed by atoms with E-state index in [4.69, 9.17) is 4.74 Å². The van der Waals surface area contributed by atoms with Crippen LogP contribution in [0, 0.1) is 0 Å². The first kappa shape index (κ1) is 9.02. The number of carbonyl (C=O) groups is 1. The number of benzene rings is 1. The van der Waals surface area contributed by atoms with Crippen molar-refractivity contribution in [3.8, 4) is 0 Å². The second-order valence-electron chi connectivity index (χ2n) is 2.62. The standard InChI is InChI=1S/C8H5Br2NO2/c9-5-1-4-3-13-8(12)11-7(4)6(10)2-5/h1-2H,3H2,(H,11,12). The van der Waals surface area contributed by atoms with Crippen molar-refractivity contribution in [3.63, 3.8) is 0 Å². The summed E-state index contributed by atoms with van der Waals surface area (Å²) in [6.07, 6.45) is -0.407. The number of carbonyl (C=O) groups excluding carboxylic acids is 1. The maximum absolute atomic E-state index is 10.9. The number of amides is 1. The molecule has 68 valence electrons. The van der Waals surface area contributed by atoms with Gasteiger partial charge in [-0.05, 0) is 28.1 Å². The molecule has 0 aliphatic carbocycles. The van der Waals surface area contributed by atoms with Gasteiger partial charge in [-0.3, -0.25) is 5.32 Å². The van der Waals surface area contributed by atoms with Crippen LogP contribution in [-0.4, -0.2) is 6.09 Å². The molecular formula is C8H5Br2NO2. The van der Waals surface area contributed by atoms with Gasteiger partial charge < -0.3 is 4.74 Å². The molecule has 3 nitrogen and oxygen atoms in total. The average molecular weight is 307 g/mol. The Kier molecular flexibility index (Phi) is 2.29. The van der Waals surface area contributed by atoms with Crippen molar-refractivity contribution in [2.24, 2.45) is 0 Å². The molecule has 1 N–H and O–H groups in total. The second-order valence-corrected chi connectivity index (χ2v) is 4.39. The highest BCUT2D eigenvalue weighted by atomic mass is 79.9. The third-order valence-corrected chi connectivity index (χ3v) is 2.81. The van der Waals surface area contributed by atoms with E-state index in [2.05, 4.69) is 37.2 Å². The van der Waals surface area contributed by atoms with E-state index < -0.39 is 6.09 Å². The van der Waals surface area contributed by atoms with Gasteiger partial charge >= 0.3 is 6.09 Å². The van der Waals surface area contributed by atoms with Crippen molar-refractivity contribution in [3.05, 3.63) is 26.6 Å². The molecule has 0 saturated heterocycles. The van der Waals surface area contributed by atoms with Crippen LogP contribution >= 0.6 is 31.9 Å². The molecule has 0 bridgehead atoms. The molecule has 2 rings (SSSR count). The largest absolute Gasteiger partial charge is 0.444 e. The van der Waals surface area contributed by atoms with Crippen LogP contribution in [0.15, 0.2) is 21.1 Å². The summed E-state index contributed by atoms with van der Waals surface area (Å²) in [6.45, 7) is 0.319. The maximum atomic E-state index is 10.9. The molecule has 1 aromatic carbocycles. The topological polar surface area (TPSA) is 38.3 Å². The van der Waals surface area contributed by atoms with Gasteiger partial charge in [-0.25, -0.2) is 4.79 Å². The average Bonchev–Trinajstić information content (AvgIpc) is 2.06. The summed E-state index contributed by atoms with van der Waals surface area (Å²) in [7, 11) is 0. The molecule has 1 aliphatic heterocycles. The Labute approximate surface area is 91.7 Å². The predicted octanol–water partition coefficient (Wildman–Crippen LogP) is 3.27. The quantitative estimate of drug-likeness (QED) is 0.799. The lowest BCUT2D eigenvalue weighted by Gasteiger charge is -2.18. The number of hydrogen-bond acceptors (Lipinski definition) is 2. The lowest BCUT2D eigenvalue weighted by molar-refractivity contribution is 0.151. The van der Waals surface area contributed by atoms with Gasteiger partial charge in [0.2, 0.25) is 0 Å². The van der Waals surface area contributed by atoms with Crippen LogP contribution in [0.1, 0.15) is 5.56 Å². The van der Waals surface area contributed by atoms with Crippen LogP contribution in [0.5, 0.6) is 0 Å². The lowest BCUT2D eigenvalue weighted by atomic mass is 10.2. The van der Waals surface area contributed by atoms with E-state index in [0.29, 0.717) is 6.61 Å². The first-order chi connectivity index (χ1) is 6.16. The summed E-state index contributed by atoms with van der Waals surface area (Å²) in [4.78, 5) is 10.9. The van der Waals surface area contributed by atoms with E-state index in [0.717, 1.165) is 20.2 Å². The number of nitrogens with one attached hydrogen (secondary N) is 1. The van der Waals surface area contributed by atoms with Crippen LogP contribution in [0.4, 0.5) is 10.5 Å². The molecule has 0 fully saturated rings. The number of halogens is 2. The normalized spacial score (nSPS) is 14.5. The second kappa shape index (κ2) is 3.31. The van der Waals surface area contributed by atoms with Crippen LogP contribution in [0.25, 0.3) is 0 Å². The summed E-state index contributed by atoms with van der Waals surface area (Å²) >= 11 is 6.72. The lowest BCUT2D eigenvalue weighted by Crippen LogP contribution is -2.20. The van der Waals surface area contributed by atoms with Crippen molar-refractivity contribution in [2.75, 3.05) is 5.32 Å². The molecule has 5 heteroatoms. The molecule has 13 heavy (non-hydrogen) atoms. The van der Waals surface area contributed by atoms with Crippen molar-refractivity contribution < 1.29 is 9.53 Å². The minimum absolute atomic E-state index is 0.319. The zero-order valence-corrected chi connectivity index (χ0v) is 9.61. The van der Waals surface area contributed by atoms with E-state index >= 15 is 0 Å². The summed E-state index contributed by atoms with van der Waals surface area (Å²) in [6, 6.07) is 3.80. The van der Waals surface area contributed by atoms with Gasteiger partial charge in [0.1, 0.15) is 6.61 Å². The van der Waals surface area contributed by atoms with Gasteiger partial charge in [-0.15, -0.1) is 0 Å². The monoisotopic (exact) mass is 305 g/mol. The zero-order chi connectivity index (χ0) is 9.42. The fraction of sp³-hybridized carbons (Fsp3) is 0.125. The van der Waals surface area contributed by atoms with Crippen LogP contribution in [0.2, 0.25) is 0 Å². The van der Waals surface area contributed by atoms with E-state index in [9.17, 15) is 4.79 Å². The van der Waals surface area contributed by atoms with E-state index in [-0.39, 0.29) is 0 Å². The highest BCUT2D eigenvalue weighted by Crippen LogP contribution is 2.33. The number of anilines is 1. The van der Waals surface area contributed by atoms with Gasteiger partial charge in [-0.2, -0.15) is 0 Å². The van der Waals surface area contributed by atoms with Crippen molar-refractivity contribution >= 4 is 43.6 Å². The number of hydrogen-bond donors (Lipinski definition) is 1. The Hall–Kier alpha value is -0.550. The summed E-state index contributed by atoms with van der Waals surface area (Å²) in [5, 5.41) is 2.63. The number of rotatable bonds is 0. The predicted molar refractivity (Wildman–Crippen MR) is 55.6 cm³/mol. The maximum Gasteiger partial charge on any atom is 0.412 e. The minimum Gasteiger partial charge on any atom is -0.444 e. The fourth-order valence-corrected chi connectivity index (χ4v) is 2.57. The van der Waals surface area contributed by atoms with Gasteiger partial charge in [0.05, 0.1) is 5.69 Å². The molecule has 0 atom stereocenters. The van der Waals surface area contributed by atoms with Crippen LogP contribution in [0.3, 0.4) is 0 Å². The molecule has 1 aromatic rings. The minimum atomic E-state index is -0.407. The van der Waals surface area contributed by atoms with Crippen LogP contribution in [-0.2, 0) is 11.3 Å². The Bertz CT molecular complexity index is 379. The molecule has 0 radical (unpaired) electrons. The SMILES string of the molecule is O=C1Nc2c(Br)cc(Br)cc2CO1. The Morgan fingerprint density at radius 3 is 2.92 bits per heavy atom. The molecule has 0 unspecified atom stereocenters. The van der Waals surface area contributed by atoms with Gasteiger partial charge in [0.15, 0.2) is 0 Å². The third kappa shape index (κ3) is 1.71. The van der Waals surface area contributed by atoms with Gasteiger partial charge in [-0.1, -0.05) is 15.9 Å². The number of cyclic esters (lactones) is 1. The summed E-state index contributed by atoms with van der Waals surface area (Å²) in [5.74, 6) is 0. The van der Waals surface area contributed by atoms with Gasteiger partial charge in [0, 0.05) is 14.5 Å². The third-order valence-electron chi connectivity index (χ3n) is 1.72. The van der Waals surface area contributed by atoms with E-state index in [1.165, 1.54) is 0 Å². The molecule has 0 saturated carbocycles. The van der Waals surface area contributed by atoms with Crippen LogP contribution < -0.4 is 5.32 Å². The van der Waals surface area contributed by atoms with Crippen molar-refractivity contribution in [1.29, 1.82) is 0 Å². The molecular weight excluding hydrogens is 302 g/mol. The Balaban J connectivity index is 2.53. The highest BCUT2D eigenvalue weighted by molar-refractivity contribution is 9.11. The van der Waals surface area contributed by atoms with Crippen molar-refractivity contribution in [1.82, 2.24) is 0 Å². The molecule has 1 aliphatic rings. The molecule has 0 spiro atoms. The molecule has 1 heterocycles.